The summed E-state index contributed by atoms with van der Waals surface area (Å²) >= 11 is 0. The lowest BCUT2D eigenvalue weighted by Crippen LogP contribution is -2.56. The summed E-state index contributed by atoms with van der Waals surface area (Å²) in [5.41, 5.74) is 3.56. The van der Waals surface area contributed by atoms with E-state index in [1.807, 2.05) is 94.4 Å². The molecule has 7 nitrogen and oxygen atoms in total. The zero-order valence-corrected chi connectivity index (χ0v) is 27.0. The van der Waals surface area contributed by atoms with Gasteiger partial charge in [0.05, 0.1) is 11.9 Å². The summed E-state index contributed by atoms with van der Waals surface area (Å²) in [6, 6.07) is 23.6. The van der Waals surface area contributed by atoms with Gasteiger partial charge in [-0.2, -0.15) is 0 Å². The Kier molecular flexibility index (Phi) is 10.3. The van der Waals surface area contributed by atoms with Gasteiger partial charge < -0.3 is 10.2 Å². The number of benzene rings is 3. The standard InChI is InChI=1S/C34H45N3O4S/c1-25-14-12-13-17-27(25)23-36(30(32(39)35-34(5,6)7)22-26-15-10-9-11-16-26)31(38)24-37(42(8,40)41)29-20-18-28(19-21-29)33(2,3)4/h9-21,30H,22-24H2,1-8H3,(H,35,39)/t30-/m0/s1. The van der Waals surface area contributed by atoms with Gasteiger partial charge in [0.15, 0.2) is 0 Å². The molecule has 0 aromatic heterocycles. The van der Waals surface area contributed by atoms with E-state index in [1.54, 1.807) is 12.1 Å². The zero-order chi connectivity index (χ0) is 31.3. The van der Waals surface area contributed by atoms with Gasteiger partial charge in [-0.15, -0.1) is 0 Å². The molecule has 8 heteroatoms. The number of carbonyl (C=O) groups is 2. The molecule has 42 heavy (non-hydrogen) atoms. The SMILES string of the molecule is Cc1ccccc1CN(C(=O)CN(c1ccc(C(C)(C)C)cc1)S(C)(=O)=O)[C@@H](Cc1ccccc1)C(=O)NC(C)(C)C. The Balaban J connectivity index is 2.08. The van der Waals surface area contributed by atoms with E-state index in [-0.39, 0.29) is 24.3 Å². The molecule has 1 atom stereocenters. The second kappa shape index (κ2) is 13.1. The van der Waals surface area contributed by atoms with Gasteiger partial charge in [0.1, 0.15) is 12.6 Å². The molecule has 2 amide bonds. The normalized spacial score (nSPS) is 12.9. The molecule has 0 aliphatic carbocycles. The van der Waals surface area contributed by atoms with E-state index in [1.165, 1.54) is 4.90 Å². The van der Waals surface area contributed by atoms with Crippen LogP contribution in [0.1, 0.15) is 63.8 Å². The highest BCUT2D eigenvalue weighted by Crippen LogP contribution is 2.27. The fraction of sp³-hybridized carbons (Fsp3) is 0.412. The Morgan fingerprint density at radius 1 is 0.833 bits per heavy atom. The predicted octanol–water partition coefficient (Wildman–Crippen LogP) is 5.61. The third kappa shape index (κ3) is 9.18. The molecule has 0 unspecified atom stereocenters. The van der Waals surface area contributed by atoms with Crippen LogP contribution in [0.3, 0.4) is 0 Å². The lowest BCUT2D eigenvalue weighted by Gasteiger charge is -2.35. The van der Waals surface area contributed by atoms with Crippen LogP contribution in [-0.4, -0.2) is 49.5 Å². The lowest BCUT2D eigenvalue weighted by atomic mass is 9.87. The van der Waals surface area contributed by atoms with Crippen molar-refractivity contribution in [3.63, 3.8) is 0 Å². The van der Waals surface area contributed by atoms with Crippen LogP contribution in [0.15, 0.2) is 78.9 Å². The summed E-state index contributed by atoms with van der Waals surface area (Å²) < 4.78 is 27.2. The number of hydrogen-bond donors (Lipinski definition) is 1. The van der Waals surface area contributed by atoms with Crippen molar-refractivity contribution in [1.82, 2.24) is 10.2 Å². The van der Waals surface area contributed by atoms with Crippen LogP contribution < -0.4 is 9.62 Å². The average molecular weight is 592 g/mol. The first-order valence-electron chi connectivity index (χ1n) is 14.2. The molecule has 3 rings (SSSR count). The summed E-state index contributed by atoms with van der Waals surface area (Å²) in [4.78, 5) is 29.6. The Bertz CT molecular complexity index is 1470. The van der Waals surface area contributed by atoms with E-state index in [4.69, 9.17) is 0 Å². The van der Waals surface area contributed by atoms with Gasteiger partial charge in [-0.3, -0.25) is 13.9 Å². The molecule has 0 fully saturated rings. The second-order valence-electron chi connectivity index (χ2n) is 13.0. The summed E-state index contributed by atoms with van der Waals surface area (Å²) in [5.74, 6) is -0.762. The first kappa shape index (κ1) is 32.9. The fourth-order valence-electron chi connectivity index (χ4n) is 4.72. The molecule has 0 aliphatic heterocycles. The maximum Gasteiger partial charge on any atom is 0.244 e. The molecule has 0 spiro atoms. The van der Waals surface area contributed by atoms with Crippen molar-refractivity contribution < 1.29 is 18.0 Å². The van der Waals surface area contributed by atoms with Crippen LogP contribution in [0.25, 0.3) is 0 Å². The van der Waals surface area contributed by atoms with E-state index in [0.717, 1.165) is 32.8 Å². The molecular weight excluding hydrogens is 546 g/mol. The van der Waals surface area contributed by atoms with Crippen molar-refractivity contribution in [3.8, 4) is 0 Å². The van der Waals surface area contributed by atoms with Crippen molar-refractivity contribution in [2.24, 2.45) is 0 Å². The first-order chi connectivity index (χ1) is 19.5. The van der Waals surface area contributed by atoms with Crippen LogP contribution >= 0.6 is 0 Å². The highest BCUT2D eigenvalue weighted by molar-refractivity contribution is 7.92. The molecule has 1 N–H and O–H groups in total. The third-order valence-corrected chi connectivity index (χ3v) is 8.21. The minimum atomic E-state index is -3.82. The van der Waals surface area contributed by atoms with Gasteiger partial charge in [0.2, 0.25) is 21.8 Å². The largest absolute Gasteiger partial charge is 0.350 e. The molecule has 3 aromatic carbocycles. The topological polar surface area (TPSA) is 86.8 Å². The van der Waals surface area contributed by atoms with Gasteiger partial charge in [0.25, 0.3) is 0 Å². The second-order valence-corrected chi connectivity index (χ2v) is 14.9. The monoisotopic (exact) mass is 591 g/mol. The highest BCUT2D eigenvalue weighted by atomic mass is 32.2. The zero-order valence-electron chi connectivity index (χ0n) is 26.1. The minimum absolute atomic E-state index is 0.111. The average Bonchev–Trinajstić information content (AvgIpc) is 2.88. The highest BCUT2D eigenvalue weighted by Gasteiger charge is 2.34. The van der Waals surface area contributed by atoms with Gasteiger partial charge >= 0.3 is 0 Å². The van der Waals surface area contributed by atoms with Crippen LogP contribution in [0, 0.1) is 6.92 Å². The number of anilines is 1. The third-order valence-electron chi connectivity index (χ3n) is 7.07. The van der Waals surface area contributed by atoms with Crippen LogP contribution in [0.2, 0.25) is 0 Å². The van der Waals surface area contributed by atoms with E-state index in [9.17, 15) is 18.0 Å². The summed E-state index contributed by atoms with van der Waals surface area (Å²) in [5, 5.41) is 3.05. The molecular formula is C34H45N3O4S. The van der Waals surface area contributed by atoms with E-state index in [2.05, 4.69) is 26.1 Å². The number of aryl methyl sites for hydroxylation is 1. The number of sulfonamides is 1. The van der Waals surface area contributed by atoms with Crippen molar-refractivity contribution >= 4 is 27.5 Å². The number of rotatable bonds is 10. The molecule has 0 heterocycles. The number of amides is 2. The number of carbonyl (C=O) groups excluding carboxylic acids is 2. The van der Waals surface area contributed by atoms with Crippen molar-refractivity contribution in [2.75, 3.05) is 17.1 Å². The number of nitrogens with zero attached hydrogens (tertiary/aromatic N) is 2. The van der Waals surface area contributed by atoms with E-state index < -0.39 is 34.1 Å². The Morgan fingerprint density at radius 2 is 1.40 bits per heavy atom. The van der Waals surface area contributed by atoms with Crippen LogP contribution in [-0.2, 0) is 38.0 Å². The lowest BCUT2D eigenvalue weighted by molar-refractivity contribution is -0.140. The van der Waals surface area contributed by atoms with Crippen molar-refractivity contribution in [3.05, 3.63) is 101 Å². The quantitative estimate of drug-likeness (QED) is 0.332. The summed E-state index contributed by atoms with van der Waals surface area (Å²) in [7, 11) is -3.82. The molecule has 0 saturated carbocycles. The summed E-state index contributed by atoms with van der Waals surface area (Å²) in [6.07, 6.45) is 1.37. The molecule has 0 radical (unpaired) electrons. The van der Waals surface area contributed by atoms with Gasteiger partial charge in [-0.25, -0.2) is 8.42 Å². The minimum Gasteiger partial charge on any atom is -0.350 e. The van der Waals surface area contributed by atoms with Gasteiger partial charge in [0, 0.05) is 18.5 Å². The number of hydrogen-bond acceptors (Lipinski definition) is 4. The molecule has 3 aromatic rings. The Morgan fingerprint density at radius 3 is 1.93 bits per heavy atom. The molecule has 0 bridgehead atoms. The predicted molar refractivity (Wildman–Crippen MR) is 171 cm³/mol. The maximum atomic E-state index is 14.3. The van der Waals surface area contributed by atoms with Crippen LogP contribution in [0.4, 0.5) is 5.69 Å². The molecule has 0 aliphatic rings. The van der Waals surface area contributed by atoms with Gasteiger partial charge in [-0.1, -0.05) is 87.5 Å². The van der Waals surface area contributed by atoms with E-state index >= 15 is 0 Å². The van der Waals surface area contributed by atoms with Crippen molar-refractivity contribution in [1.29, 1.82) is 0 Å². The van der Waals surface area contributed by atoms with Gasteiger partial charge in [-0.05, 0) is 67.5 Å². The maximum absolute atomic E-state index is 14.3. The first-order valence-corrected chi connectivity index (χ1v) is 16.1. The molecule has 226 valence electrons. The van der Waals surface area contributed by atoms with Crippen molar-refractivity contribution in [2.45, 2.75) is 78.4 Å². The number of nitrogens with one attached hydrogen (secondary N) is 1. The summed E-state index contributed by atoms with van der Waals surface area (Å²) in [6.45, 7) is 13.6. The smallest absolute Gasteiger partial charge is 0.244 e. The molecule has 0 saturated heterocycles. The Hall–Kier alpha value is -3.65. The van der Waals surface area contributed by atoms with E-state index in [0.29, 0.717) is 5.69 Å². The van der Waals surface area contributed by atoms with Crippen LogP contribution in [0.5, 0.6) is 0 Å². The fourth-order valence-corrected chi connectivity index (χ4v) is 5.57. The Labute approximate surface area is 252 Å².